The number of benzene rings is 1. The van der Waals surface area contributed by atoms with Gasteiger partial charge in [-0.3, -0.25) is 4.79 Å². The van der Waals surface area contributed by atoms with Crippen LogP contribution in [0, 0.1) is 11.8 Å². The molecular weight excluding hydrogens is 280 g/mol. The van der Waals surface area contributed by atoms with Crippen LogP contribution in [0.3, 0.4) is 0 Å². The second-order valence-electron chi connectivity index (χ2n) is 4.90. The summed E-state index contributed by atoms with van der Waals surface area (Å²) in [6.45, 7) is 1.46. The van der Waals surface area contributed by atoms with Crippen molar-refractivity contribution >= 4 is 21.8 Å². The van der Waals surface area contributed by atoms with Crippen LogP contribution in [0.5, 0.6) is 0 Å². The molecule has 90 valence electrons. The molecule has 1 saturated heterocycles. The van der Waals surface area contributed by atoms with Crippen molar-refractivity contribution in [3.63, 3.8) is 0 Å². The Morgan fingerprint density at radius 2 is 2.24 bits per heavy atom. The molecule has 2 fully saturated rings. The summed E-state index contributed by atoms with van der Waals surface area (Å²) in [5, 5.41) is 0. The zero-order valence-electron chi connectivity index (χ0n) is 9.47. The maximum Gasteiger partial charge on any atom is 0.255 e. The second kappa shape index (κ2) is 4.10. The highest BCUT2D eigenvalue weighted by Crippen LogP contribution is 2.49. The normalized spacial score (nSPS) is 30.2. The molecule has 1 amide bonds. The molecule has 1 aliphatic carbocycles. The van der Waals surface area contributed by atoms with E-state index in [0.717, 1.165) is 16.6 Å². The Balaban J connectivity index is 1.85. The van der Waals surface area contributed by atoms with Gasteiger partial charge in [0.25, 0.3) is 5.91 Å². The molecule has 1 aliphatic heterocycles. The van der Waals surface area contributed by atoms with Crippen molar-refractivity contribution in [2.45, 2.75) is 12.5 Å². The van der Waals surface area contributed by atoms with Crippen LogP contribution in [-0.4, -0.2) is 29.9 Å². The number of rotatable bonds is 2. The highest BCUT2D eigenvalue weighted by molar-refractivity contribution is 9.10. The van der Waals surface area contributed by atoms with Crippen LogP contribution in [0.4, 0.5) is 0 Å². The lowest BCUT2D eigenvalue weighted by Gasteiger charge is -2.26. The van der Waals surface area contributed by atoms with Gasteiger partial charge >= 0.3 is 0 Å². The van der Waals surface area contributed by atoms with E-state index in [1.165, 1.54) is 6.42 Å². The molecule has 2 N–H and O–H groups in total. The lowest BCUT2D eigenvalue weighted by Crippen LogP contribution is -2.42. The summed E-state index contributed by atoms with van der Waals surface area (Å²) in [4.78, 5) is 14.4. The topological polar surface area (TPSA) is 46.3 Å². The van der Waals surface area contributed by atoms with E-state index in [1.54, 1.807) is 0 Å². The number of likely N-dealkylation sites (tertiary alicyclic amines) is 1. The molecule has 3 atom stereocenters. The number of halogens is 1. The molecule has 1 aromatic rings. The average molecular weight is 295 g/mol. The van der Waals surface area contributed by atoms with E-state index in [4.69, 9.17) is 5.73 Å². The molecule has 0 spiro atoms. The van der Waals surface area contributed by atoms with Crippen molar-refractivity contribution in [1.29, 1.82) is 0 Å². The van der Waals surface area contributed by atoms with Crippen molar-refractivity contribution < 1.29 is 4.79 Å². The predicted molar refractivity (Wildman–Crippen MR) is 69.6 cm³/mol. The van der Waals surface area contributed by atoms with Gasteiger partial charge in [-0.15, -0.1) is 0 Å². The van der Waals surface area contributed by atoms with Crippen LogP contribution >= 0.6 is 15.9 Å². The number of hydrogen-bond acceptors (Lipinski definition) is 2. The molecule has 0 unspecified atom stereocenters. The second-order valence-corrected chi connectivity index (χ2v) is 5.75. The van der Waals surface area contributed by atoms with Crippen LogP contribution < -0.4 is 5.73 Å². The zero-order chi connectivity index (χ0) is 12.0. The molecule has 1 aromatic carbocycles. The molecule has 1 heterocycles. The van der Waals surface area contributed by atoms with Gasteiger partial charge in [0.05, 0.1) is 5.56 Å². The first-order chi connectivity index (χ1) is 8.22. The van der Waals surface area contributed by atoms with Gasteiger partial charge in [0, 0.05) is 23.6 Å². The Morgan fingerprint density at radius 1 is 1.47 bits per heavy atom. The van der Waals surface area contributed by atoms with Crippen LogP contribution in [-0.2, 0) is 0 Å². The Kier molecular flexibility index (Phi) is 2.71. The minimum absolute atomic E-state index is 0.111. The van der Waals surface area contributed by atoms with Crippen LogP contribution in [0.25, 0.3) is 0 Å². The first-order valence-electron chi connectivity index (χ1n) is 5.98. The summed E-state index contributed by atoms with van der Waals surface area (Å²) in [6.07, 6.45) is 1.25. The van der Waals surface area contributed by atoms with Crippen LogP contribution in [0.15, 0.2) is 28.7 Å². The van der Waals surface area contributed by atoms with E-state index in [2.05, 4.69) is 15.9 Å². The van der Waals surface area contributed by atoms with Crippen LogP contribution in [0.2, 0.25) is 0 Å². The van der Waals surface area contributed by atoms with E-state index >= 15 is 0 Å². The van der Waals surface area contributed by atoms with E-state index < -0.39 is 0 Å². The quantitative estimate of drug-likeness (QED) is 0.905. The number of fused-ring (bicyclic) bond motifs is 1. The SMILES string of the molecule is NC[C@@H]1[C@@H]2C[C@@H]2CN1C(=O)c1ccccc1Br. The predicted octanol–water partition coefficient (Wildman–Crippen LogP) is 1.87. The van der Waals surface area contributed by atoms with Gasteiger partial charge in [-0.1, -0.05) is 12.1 Å². The Morgan fingerprint density at radius 3 is 2.94 bits per heavy atom. The van der Waals surface area contributed by atoms with Gasteiger partial charge in [0.1, 0.15) is 0 Å². The van der Waals surface area contributed by atoms with Gasteiger partial charge in [-0.25, -0.2) is 0 Å². The number of nitrogens with zero attached hydrogens (tertiary/aromatic N) is 1. The summed E-state index contributed by atoms with van der Waals surface area (Å²) in [7, 11) is 0. The molecule has 0 bridgehead atoms. The van der Waals surface area contributed by atoms with Gasteiger partial charge in [-0.2, -0.15) is 0 Å². The summed E-state index contributed by atoms with van der Waals surface area (Å²) in [5.41, 5.74) is 6.53. The molecule has 17 heavy (non-hydrogen) atoms. The van der Waals surface area contributed by atoms with Gasteiger partial charge in [0.15, 0.2) is 0 Å². The van der Waals surface area contributed by atoms with E-state index in [0.29, 0.717) is 18.4 Å². The van der Waals surface area contributed by atoms with E-state index in [9.17, 15) is 4.79 Å². The molecule has 4 heteroatoms. The number of amides is 1. The molecule has 3 nitrogen and oxygen atoms in total. The maximum absolute atomic E-state index is 12.4. The third-order valence-corrected chi connectivity index (χ3v) is 4.60. The highest BCUT2D eigenvalue weighted by atomic mass is 79.9. The smallest absolute Gasteiger partial charge is 0.255 e. The first-order valence-corrected chi connectivity index (χ1v) is 6.77. The lowest BCUT2D eigenvalue weighted by molar-refractivity contribution is 0.0711. The number of carbonyl (C=O) groups excluding carboxylic acids is 1. The Bertz CT molecular complexity index is 462. The molecule has 1 saturated carbocycles. The third-order valence-electron chi connectivity index (χ3n) is 3.91. The van der Waals surface area contributed by atoms with Crippen molar-refractivity contribution in [2.75, 3.05) is 13.1 Å². The number of carbonyl (C=O) groups is 1. The fourth-order valence-corrected chi connectivity index (χ4v) is 3.35. The number of nitrogens with two attached hydrogens (primary N) is 1. The van der Waals surface area contributed by atoms with Crippen molar-refractivity contribution in [2.24, 2.45) is 17.6 Å². The fraction of sp³-hybridized carbons (Fsp3) is 0.462. The maximum atomic E-state index is 12.4. The van der Waals surface area contributed by atoms with Crippen LogP contribution in [0.1, 0.15) is 16.8 Å². The summed E-state index contributed by atoms with van der Waals surface area (Å²) < 4.78 is 0.862. The minimum Gasteiger partial charge on any atom is -0.334 e. The molecule has 0 radical (unpaired) electrons. The monoisotopic (exact) mass is 294 g/mol. The lowest BCUT2D eigenvalue weighted by atomic mass is 10.1. The molecule has 0 aromatic heterocycles. The summed E-state index contributed by atoms with van der Waals surface area (Å²) >= 11 is 3.43. The van der Waals surface area contributed by atoms with Gasteiger partial charge in [0.2, 0.25) is 0 Å². The van der Waals surface area contributed by atoms with E-state index in [-0.39, 0.29) is 11.9 Å². The average Bonchev–Trinajstić information content (AvgIpc) is 3.01. The van der Waals surface area contributed by atoms with Crippen molar-refractivity contribution in [3.8, 4) is 0 Å². The fourth-order valence-electron chi connectivity index (χ4n) is 2.90. The Hall–Kier alpha value is -0.870. The standard InChI is InChI=1S/C13H15BrN2O/c14-11-4-2-1-3-9(11)13(17)16-7-8-5-10(8)12(16)6-15/h1-4,8,10,12H,5-7,15H2/t8-,10-,12-/m1/s1. The van der Waals surface area contributed by atoms with Gasteiger partial charge in [-0.05, 0) is 46.3 Å². The summed E-state index contributed by atoms with van der Waals surface area (Å²) in [5.74, 6) is 1.47. The molecule has 2 aliphatic rings. The Labute approximate surface area is 109 Å². The highest BCUT2D eigenvalue weighted by Gasteiger charge is 2.53. The minimum atomic E-state index is 0.111. The number of hydrogen-bond donors (Lipinski definition) is 1. The zero-order valence-corrected chi connectivity index (χ0v) is 11.1. The molecular formula is C13H15BrN2O. The van der Waals surface area contributed by atoms with Crippen molar-refractivity contribution in [1.82, 2.24) is 4.90 Å². The summed E-state index contributed by atoms with van der Waals surface area (Å²) in [6, 6.07) is 7.83. The first kappa shape index (κ1) is 11.2. The van der Waals surface area contributed by atoms with Gasteiger partial charge < -0.3 is 10.6 Å². The molecule has 3 rings (SSSR count). The van der Waals surface area contributed by atoms with E-state index in [1.807, 2.05) is 29.2 Å². The van der Waals surface area contributed by atoms with Crippen molar-refractivity contribution in [3.05, 3.63) is 34.3 Å². The third kappa shape index (κ3) is 1.79. The largest absolute Gasteiger partial charge is 0.334 e. The number of piperidine rings is 1.